The van der Waals surface area contributed by atoms with Gasteiger partial charge in [0.2, 0.25) is 5.95 Å². The standard InChI is InChI=1S/C21H24F7N5O2/c1-18(2)8-12(9-19(3,4)33-18)30-16-15(22)10-29-17(32-16)31-11-5-13(34-20(23,24)25)7-14(6-11)35-21(26,27)28/h5-7,10,12,33H,8-9H2,1-4H3,(H2,29,30,31,32). The quantitative estimate of drug-likeness (QED) is 0.418. The summed E-state index contributed by atoms with van der Waals surface area (Å²) < 4.78 is 97.5. The lowest BCUT2D eigenvalue weighted by Gasteiger charge is -2.46. The average Bonchev–Trinajstić information content (AvgIpc) is 2.58. The minimum absolute atomic E-state index is 0.171. The van der Waals surface area contributed by atoms with E-state index in [0.717, 1.165) is 18.3 Å². The maximum Gasteiger partial charge on any atom is 0.573 e. The Balaban J connectivity index is 1.85. The molecule has 14 heteroatoms. The monoisotopic (exact) mass is 511 g/mol. The SMILES string of the molecule is CC1(C)CC(Nc2nc(Nc3cc(OC(F)(F)F)cc(OC(F)(F)F)c3)ncc2F)CC(C)(C)N1. The molecule has 1 aromatic heterocycles. The van der Waals surface area contributed by atoms with Gasteiger partial charge >= 0.3 is 12.7 Å². The molecule has 0 saturated carbocycles. The first-order chi connectivity index (χ1) is 15.9. The second kappa shape index (κ2) is 9.21. The van der Waals surface area contributed by atoms with Crippen molar-refractivity contribution in [2.75, 3.05) is 10.6 Å². The Morgan fingerprint density at radius 1 is 0.914 bits per heavy atom. The Labute approximate surface area is 196 Å². The van der Waals surface area contributed by atoms with Crippen LogP contribution in [0.15, 0.2) is 24.4 Å². The van der Waals surface area contributed by atoms with Crippen LogP contribution in [0.5, 0.6) is 11.5 Å². The summed E-state index contributed by atoms with van der Waals surface area (Å²) in [6.07, 6.45) is -8.21. The highest BCUT2D eigenvalue weighted by Crippen LogP contribution is 2.34. The van der Waals surface area contributed by atoms with Crippen molar-refractivity contribution in [3.05, 3.63) is 30.2 Å². The van der Waals surface area contributed by atoms with E-state index in [0.29, 0.717) is 18.9 Å². The summed E-state index contributed by atoms with van der Waals surface area (Å²) in [6, 6.07) is 1.79. The van der Waals surface area contributed by atoms with Gasteiger partial charge in [-0.1, -0.05) is 0 Å². The number of ether oxygens (including phenoxy) is 2. The molecule has 1 aliphatic rings. The zero-order valence-corrected chi connectivity index (χ0v) is 19.2. The highest BCUT2D eigenvalue weighted by molar-refractivity contribution is 5.60. The van der Waals surface area contributed by atoms with Crippen molar-refractivity contribution in [2.45, 2.75) is 70.4 Å². The number of anilines is 3. The summed E-state index contributed by atoms with van der Waals surface area (Å²) in [5.74, 6) is -3.17. The first-order valence-corrected chi connectivity index (χ1v) is 10.4. The zero-order chi connectivity index (χ0) is 26.2. The van der Waals surface area contributed by atoms with Crippen molar-refractivity contribution in [3.8, 4) is 11.5 Å². The van der Waals surface area contributed by atoms with Crippen LogP contribution in [0.2, 0.25) is 0 Å². The fourth-order valence-corrected chi connectivity index (χ4v) is 4.30. The van der Waals surface area contributed by atoms with Gasteiger partial charge in [0.25, 0.3) is 0 Å². The molecule has 1 fully saturated rings. The molecule has 0 amide bonds. The van der Waals surface area contributed by atoms with Crippen LogP contribution in [0.4, 0.5) is 48.2 Å². The molecule has 0 spiro atoms. The number of nitrogens with zero attached hydrogens (tertiary/aromatic N) is 2. The number of aromatic nitrogens is 2. The number of piperidine rings is 1. The van der Waals surface area contributed by atoms with Gasteiger partial charge in [-0.3, -0.25) is 0 Å². The average molecular weight is 511 g/mol. The highest BCUT2D eigenvalue weighted by atomic mass is 19.4. The molecule has 0 unspecified atom stereocenters. The smallest absolute Gasteiger partial charge is 0.406 e. The Hall–Kier alpha value is -3.03. The molecule has 1 saturated heterocycles. The van der Waals surface area contributed by atoms with Crippen LogP contribution in [0.1, 0.15) is 40.5 Å². The van der Waals surface area contributed by atoms with Gasteiger partial charge in [0, 0.05) is 41.0 Å². The molecule has 3 N–H and O–H groups in total. The van der Waals surface area contributed by atoms with Crippen LogP contribution in [-0.4, -0.2) is 39.8 Å². The van der Waals surface area contributed by atoms with E-state index < -0.39 is 30.0 Å². The lowest BCUT2D eigenvalue weighted by molar-refractivity contribution is -0.276. The second-order valence-electron chi connectivity index (χ2n) is 9.45. The van der Waals surface area contributed by atoms with E-state index in [2.05, 4.69) is 35.4 Å². The lowest BCUT2D eigenvalue weighted by atomic mass is 9.79. The molecule has 0 radical (unpaired) electrons. The van der Waals surface area contributed by atoms with E-state index in [1.54, 1.807) is 0 Å². The topological polar surface area (TPSA) is 80.3 Å². The number of rotatable bonds is 6. The first-order valence-electron chi connectivity index (χ1n) is 10.4. The van der Waals surface area contributed by atoms with E-state index in [9.17, 15) is 30.7 Å². The largest absolute Gasteiger partial charge is 0.573 e. The highest BCUT2D eigenvalue weighted by Gasteiger charge is 2.38. The third-order valence-corrected chi connectivity index (χ3v) is 4.88. The van der Waals surface area contributed by atoms with E-state index in [4.69, 9.17) is 0 Å². The molecule has 7 nitrogen and oxygen atoms in total. The molecule has 0 aliphatic carbocycles. The van der Waals surface area contributed by atoms with Crippen LogP contribution in [0, 0.1) is 5.82 Å². The Bertz CT molecular complexity index is 1010. The Morgan fingerprint density at radius 2 is 1.43 bits per heavy atom. The van der Waals surface area contributed by atoms with E-state index in [1.165, 1.54) is 0 Å². The summed E-state index contributed by atoms with van der Waals surface area (Å²) >= 11 is 0. The molecule has 3 rings (SSSR count). The van der Waals surface area contributed by atoms with Crippen molar-refractivity contribution in [1.82, 2.24) is 15.3 Å². The molecular formula is C21H24F7N5O2. The maximum atomic E-state index is 14.4. The normalized spacial score (nSPS) is 18.1. The van der Waals surface area contributed by atoms with Gasteiger partial charge in [0.05, 0.1) is 6.20 Å². The lowest BCUT2D eigenvalue weighted by Crippen LogP contribution is -2.60. The molecule has 194 valence electrons. The summed E-state index contributed by atoms with van der Waals surface area (Å²) in [7, 11) is 0. The number of hydrogen-bond donors (Lipinski definition) is 3. The molecule has 35 heavy (non-hydrogen) atoms. The van der Waals surface area contributed by atoms with Crippen molar-refractivity contribution in [1.29, 1.82) is 0 Å². The number of hydrogen-bond acceptors (Lipinski definition) is 7. The molecule has 1 aliphatic heterocycles. The molecule has 2 heterocycles. The van der Waals surface area contributed by atoms with Crippen molar-refractivity contribution in [3.63, 3.8) is 0 Å². The van der Waals surface area contributed by atoms with E-state index in [1.807, 2.05) is 27.7 Å². The zero-order valence-electron chi connectivity index (χ0n) is 19.2. The minimum atomic E-state index is -5.16. The summed E-state index contributed by atoms with van der Waals surface area (Å²) in [5.41, 5.74) is -0.817. The summed E-state index contributed by atoms with van der Waals surface area (Å²) in [5, 5.41) is 8.96. The van der Waals surface area contributed by atoms with Crippen LogP contribution < -0.4 is 25.4 Å². The van der Waals surface area contributed by atoms with Crippen LogP contribution >= 0.6 is 0 Å². The summed E-state index contributed by atoms with van der Waals surface area (Å²) in [4.78, 5) is 7.73. The van der Waals surface area contributed by atoms with Gasteiger partial charge in [-0.25, -0.2) is 9.37 Å². The van der Waals surface area contributed by atoms with E-state index >= 15 is 0 Å². The van der Waals surface area contributed by atoms with Crippen molar-refractivity contribution >= 4 is 17.5 Å². The minimum Gasteiger partial charge on any atom is -0.406 e. The summed E-state index contributed by atoms with van der Waals surface area (Å²) in [6.45, 7) is 8.01. The molecular weight excluding hydrogens is 487 g/mol. The number of nitrogens with one attached hydrogen (secondary N) is 3. The molecule has 2 aromatic rings. The van der Waals surface area contributed by atoms with Gasteiger partial charge in [-0.05, 0) is 40.5 Å². The third kappa shape index (κ3) is 8.30. The number of benzene rings is 1. The third-order valence-electron chi connectivity index (χ3n) is 4.88. The fourth-order valence-electron chi connectivity index (χ4n) is 4.30. The van der Waals surface area contributed by atoms with Crippen LogP contribution in [0.25, 0.3) is 0 Å². The number of alkyl halides is 6. The second-order valence-corrected chi connectivity index (χ2v) is 9.45. The predicted octanol–water partition coefficient (Wildman–Crippen LogP) is 5.88. The van der Waals surface area contributed by atoms with Crippen LogP contribution in [0.3, 0.4) is 0 Å². The maximum absolute atomic E-state index is 14.4. The van der Waals surface area contributed by atoms with E-state index in [-0.39, 0.29) is 34.6 Å². The predicted molar refractivity (Wildman–Crippen MR) is 113 cm³/mol. The van der Waals surface area contributed by atoms with Gasteiger partial charge in [0.15, 0.2) is 11.6 Å². The van der Waals surface area contributed by atoms with Crippen molar-refractivity contribution in [2.24, 2.45) is 0 Å². The van der Waals surface area contributed by atoms with Gasteiger partial charge < -0.3 is 25.4 Å². The van der Waals surface area contributed by atoms with Gasteiger partial charge in [0.1, 0.15) is 11.5 Å². The molecule has 0 bridgehead atoms. The Morgan fingerprint density at radius 3 is 1.91 bits per heavy atom. The number of halogens is 7. The van der Waals surface area contributed by atoms with Gasteiger partial charge in [-0.2, -0.15) is 4.98 Å². The molecule has 0 atom stereocenters. The van der Waals surface area contributed by atoms with Gasteiger partial charge in [-0.15, -0.1) is 26.3 Å². The first kappa shape index (κ1) is 26.6. The Kier molecular flexibility index (Phi) is 6.99. The van der Waals surface area contributed by atoms with Crippen molar-refractivity contribution < 1.29 is 40.2 Å². The van der Waals surface area contributed by atoms with Crippen LogP contribution in [-0.2, 0) is 0 Å². The molecule has 1 aromatic carbocycles. The fraction of sp³-hybridized carbons (Fsp3) is 0.524.